The second kappa shape index (κ2) is 4.54. The minimum absolute atomic E-state index is 0.528. The Hall–Kier alpha value is -0.330. The fourth-order valence-corrected chi connectivity index (χ4v) is 0.923. The zero-order chi connectivity index (χ0) is 7.28. The molecule has 0 aliphatic rings. The van der Waals surface area contributed by atoms with Gasteiger partial charge in [0.15, 0.2) is 0 Å². The summed E-state index contributed by atoms with van der Waals surface area (Å²) >= 11 is 0. The van der Waals surface area contributed by atoms with E-state index < -0.39 is 0 Å². The topological polar surface area (TPSA) is 12.4 Å². The summed E-state index contributed by atoms with van der Waals surface area (Å²) in [4.78, 5) is 4.38. The molecule has 0 spiro atoms. The molecule has 0 rings (SSSR count). The molecule has 0 saturated carbocycles. The molecule has 0 bridgehead atoms. The van der Waals surface area contributed by atoms with Crippen molar-refractivity contribution in [2.45, 2.75) is 46.6 Å². The molecule has 0 amide bonds. The zero-order valence-corrected chi connectivity index (χ0v) is 6.94. The van der Waals surface area contributed by atoms with E-state index in [0.29, 0.717) is 6.04 Å². The predicted octanol–water partition coefficient (Wildman–Crippen LogP) is 2.66. The number of aliphatic imine (C=N–C) groups is 1. The molecule has 0 radical (unpaired) electrons. The van der Waals surface area contributed by atoms with Crippen molar-refractivity contribution in [1.82, 2.24) is 0 Å². The molecule has 0 N–H and O–H groups in total. The average molecular weight is 127 g/mol. The predicted molar refractivity (Wildman–Crippen MR) is 43.2 cm³/mol. The van der Waals surface area contributed by atoms with Gasteiger partial charge in [-0.3, -0.25) is 4.99 Å². The monoisotopic (exact) mass is 127 g/mol. The number of hydrogen-bond acceptors (Lipinski definition) is 1. The molecule has 0 aromatic heterocycles. The molecule has 0 aliphatic heterocycles. The van der Waals surface area contributed by atoms with Gasteiger partial charge in [0.2, 0.25) is 0 Å². The third-order valence-electron chi connectivity index (χ3n) is 1.19. The van der Waals surface area contributed by atoms with Crippen molar-refractivity contribution < 1.29 is 0 Å². The van der Waals surface area contributed by atoms with E-state index >= 15 is 0 Å². The third-order valence-corrected chi connectivity index (χ3v) is 1.19. The first-order valence-corrected chi connectivity index (χ1v) is 3.67. The Balaban J connectivity index is 3.49. The van der Waals surface area contributed by atoms with Gasteiger partial charge in [-0.25, -0.2) is 0 Å². The molecule has 0 fully saturated rings. The first-order valence-electron chi connectivity index (χ1n) is 3.67. The Morgan fingerprint density at radius 2 is 2.00 bits per heavy atom. The maximum absolute atomic E-state index is 4.38. The summed E-state index contributed by atoms with van der Waals surface area (Å²) < 4.78 is 0. The van der Waals surface area contributed by atoms with E-state index in [1.807, 2.05) is 13.8 Å². The van der Waals surface area contributed by atoms with Gasteiger partial charge in [0.1, 0.15) is 0 Å². The smallest absolute Gasteiger partial charge is 0.0470 e. The quantitative estimate of drug-likeness (QED) is 0.517. The van der Waals surface area contributed by atoms with Crippen LogP contribution in [0.5, 0.6) is 0 Å². The molecule has 1 nitrogen and oxygen atoms in total. The summed E-state index contributed by atoms with van der Waals surface area (Å²) in [5.74, 6) is 0. The summed E-state index contributed by atoms with van der Waals surface area (Å²) in [5, 5.41) is 0. The van der Waals surface area contributed by atoms with Crippen LogP contribution in [0.25, 0.3) is 0 Å². The highest BCUT2D eigenvalue weighted by Crippen LogP contribution is 1.99. The highest BCUT2D eigenvalue weighted by molar-refractivity contribution is 5.79. The van der Waals surface area contributed by atoms with Crippen molar-refractivity contribution in [3.63, 3.8) is 0 Å². The Morgan fingerprint density at radius 3 is 2.33 bits per heavy atom. The standard InChI is InChI=1S/C8H17N/c1-5-6-8(4)9-7(2)3/h8H,5-6H2,1-4H3/t8-/m1/s1. The van der Waals surface area contributed by atoms with Crippen LogP contribution in [0.15, 0.2) is 4.99 Å². The van der Waals surface area contributed by atoms with E-state index in [1.54, 1.807) is 0 Å². The third kappa shape index (κ3) is 5.54. The zero-order valence-electron chi connectivity index (χ0n) is 6.94. The Labute approximate surface area is 58.2 Å². The van der Waals surface area contributed by atoms with Gasteiger partial charge in [0, 0.05) is 11.8 Å². The molecule has 1 atom stereocenters. The molecular weight excluding hydrogens is 110 g/mol. The van der Waals surface area contributed by atoms with Gasteiger partial charge in [-0.15, -0.1) is 0 Å². The lowest BCUT2D eigenvalue weighted by atomic mass is 10.2. The molecule has 9 heavy (non-hydrogen) atoms. The van der Waals surface area contributed by atoms with Crippen molar-refractivity contribution in [1.29, 1.82) is 0 Å². The molecule has 0 heterocycles. The summed E-state index contributed by atoms with van der Waals surface area (Å²) in [6, 6.07) is 0.528. The Kier molecular flexibility index (Phi) is 4.37. The maximum Gasteiger partial charge on any atom is 0.0470 e. The van der Waals surface area contributed by atoms with E-state index in [0.717, 1.165) is 0 Å². The van der Waals surface area contributed by atoms with Gasteiger partial charge in [0.05, 0.1) is 0 Å². The van der Waals surface area contributed by atoms with Gasteiger partial charge >= 0.3 is 0 Å². The second-order valence-corrected chi connectivity index (χ2v) is 2.71. The number of hydrogen-bond donors (Lipinski definition) is 0. The number of rotatable bonds is 3. The van der Waals surface area contributed by atoms with E-state index in [-0.39, 0.29) is 0 Å². The molecule has 1 heteroatoms. The Bertz CT molecular complexity index is 90.7. The van der Waals surface area contributed by atoms with Gasteiger partial charge < -0.3 is 0 Å². The highest BCUT2D eigenvalue weighted by Gasteiger charge is 1.93. The lowest BCUT2D eigenvalue weighted by Crippen LogP contribution is -1.99. The molecule has 0 aromatic rings. The van der Waals surface area contributed by atoms with E-state index in [2.05, 4.69) is 18.8 Å². The van der Waals surface area contributed by atoms with Crippen LogP contribution >= 0.6 is 0 Å². The van der Waals surface area contributed by atoms with Crippen LogP contribution in [0.3, 0.4) is 0 Å². The molecular formula is C8H17N. The van der Waals surface area contributed by atoms with Crippen molar-refractivity contribution in [2.24, 2.45) is 4.99 Å². The average Bonchev–Trinajstić information content (AvgIpc) is 1.63. The van der Waals surface area contributed by atoms with Crippen molar-refractivity contribution in [3.8, 4) is 0 Å². The first-order chi connectivity index (χ1) is 4.16. The lowest BCUT2D eigenvalue weighted by molar-refractivity contribution is 0.654. The maximum atomic E-state index is 4.38. The summed E-state index contributed by atoms with van der Waals surface area (Å²) in [6.07, 6.45) is 2.45. The SMILES string of the molecule is CCC[C@@H](C)N=C(C)C. The summed E-state index contributed by atoms with van der Waals surface area (Å²) in [5.41, 5.74) is 1.19. The fourth-order valence-electron chi connectivity index (χ4n) is 0.923. The number of nitrogens with zero attached hydrogens (tertiary/aromatic N) is 1. The lowest BCUT2D eigenvalue weighted by Gasteiger charge is -2.02. The minimum atomic E-state index is 0.528. The van der Waals surface area contributed by atoms with Crippen LogP contribution in [0.1, 0.15) is 40.5 Å². The molecule has 0 aromatic carbocycles. The molecule has 54 valence electrons. The van der Waals surface area contributed by atoms with Gasteiger partial charge in [-0.1, -0.05) is 13.3 Å². The van der Waals surface area contributed by atoms with Crippen molar-refractivity contribution in [2.75, 3.05) is 0 Å². The van der Waals surface area contributed by atoms with E-state index in [1.165, 1.54) is 18.6 Å². The molecule has 0 unspecified atom stereocenters. The van der Waals surface area contributed by atoms with Crippen molar-refractivity contribution in [3.05, 3.63) is 0 Å². The highest BCUT2D eigenvalue weighted by atomic mass is 14.8. The van der Waals surface area contributed by atoms with Crippen molar-refractivity contribution >= 4 is 5.71 Å². The second-order valence-electron chi connectivity index (χ2n) is 2.71. The first kappa shape index (κ1) is 8.67. The largest absolute Gasteiger partial charge is 0.292 e. The normalized spacial score (nSPS) is 12.9. The van der Waals surface area contributed by atoms with Crippen LogP contribution in [-0.2, 0) is 0 Å². The molecule has 0 saturated heterocycles. The molecule has 0 aliphatic carbocycles. The van der Waals surface area contributed by atoms with Crippen LogP contribution in [-0.4, -0.2) is 11.8 Å². The summed E-state index contributed by atoms with van der Waals surface area (Å²) in [6.45, 7) is 8.45. The van der Waals surface area contributed by atoms with E-state index in [9.17, 15) is 0 Å². The minimum Gasteiger partial charge on any atom is -0.292 e. The van der Waals surface area contributed by atoms with Crippen LogP contribution < -0.4 is 0 Å². The van der Waals surface area contributed by atoms with Gasteiger partial charge in [-0.05, 0) is 27.2 Å². The van der Waals surface area contributed by atoms with Gasteiger partial charge in [-0.2, -0.15) is 0 Å². The fraction of sp³-hybridized carbons (Fsp3) is 0.875. The Morgan fingerprint density at radius 1 is 1.44 bits per heavy atom. The van der Waals surface area contributed by atoms with Crippen LogP contribution in [0, 0.1) is 0 Å². The van der Waals surface area contributed by atoms with Crippen LogP contribution in [0.4, 0.5) is 0 Å². The van der Waals surface area contributed by atoms with Gasteiger partial charge in [0.25, 0.3) is 0 Å². The van der Waals surface area contributed by atoms with E-state index in [4.69, 9.17) is 0 Å². The summed E-state index contributed by atoms with van der Waals surface area (Å²) in [7, 11) is 0. The van der Waals surface area contributed by atoms with Crippen LogP contribution in [0.2, 0.25) is 0 Å².